The van der Waals surface area contributed by atoms with Crippen molar-refractivity contribution < 1.29 is 0 Å². The van der Waals surface area contributed by atoms with Gasteiger partial charge in [0, 0.05) is 44.3 Å². The Balaban J connectivity index is 1.74. The summed E-state index contributed by atoms with van der Waals surface area (Å²) >= 11 is 0. The van der Waals surface area contributed by atoms with Gasteiger partial charge in [0.15, 0.2) is 11.5 Å². The number of aromatic nitrogens is 7. The van der Waals surface area contributed by atoms with E-state index in [1.54, 1.807) is 29.5 Å². The lowest BCUT2D eigenvalue weighted by molar-refractivity contribution is 0.760. The molecule has 0 bridgehead atoms. The van der Waals surface area contributed by atoms with Crippen molar-refractivity contribution >= 4 is 16.9 Å². The normalized spacial score (nSPS) is 12.3. The van der Waals surface area contributed by atoms with E-state index in [1.165, 1.54) is 0 Å². The fourth-order valence-corrected chi connectivity index (χ4v) is 3.09. The Morgan fingerprint density at radius 1 is 1.11 bits per heavy atom. The first-order valence-electron chi connectivity index (χ1n) is 8.76. The van der Waals surface area contributed by atoms with E-state index < -0.39 is 0 Å². The fourth-order valence-electron chi connectivity index (χ4n) is 3.09. The molecule has 0 spiro atoms. The Kier molecular flexibility index (Phi) is 4.45. The van der Waals surface area contributed by atoms with Crippen LogP contribution in [0.3, 0.4) is 0 Å². The third-order valence-corrected chi connectivity index (χ3v) is 4.27. The maximum absolute atomic E-state index is 4.75. The molecule has 0 aliphatic heterocycles. The molecule has 4 aromatic heterocycles. The summed E-state index contributed by atoms with van der Waals surface area (Å²) in [5, 5.41) is 8.93. The molecule has 0 aliphatic carbocycles. The van der Waals surface area contributed by atoms with Gasteiger partial charge < -0.3 is 5.32 Å². The second-order valence-electron chi connectivity index (χ2n) is 6.46. The van der Waals surface area contributed by atoms with E-state index in [0.29, 0.717) is 5.82 Å². The zero-order chi connectivity index (χ0) is 18.8. The van der Waals surface area contributed by atoms with Gasteiger partial charge in [-0.3, -0.25) is 19.6 Å². The van der Waals surface area contributed by atoms with Crippen LogP contribution in [0.4, 0.5) is 5.82 Å². The van der Waals surface area contributed by atoms with Crippen LogP contribution in [0.1, 0.15) is 18.3 Å². The number of aryl methyl sites for hydroxylation is 2. The molecule has 4 aromatic rings. The summed E-state index contributed by atoms with van der Waals surface area (Å²) in [4.78, 5) is 22.3. The smallest absolute Gasteiger partial charge is 0.182 e. The van der Waals surface area contributed by atoms with E-state index in [2.05, 4.69) is 37.3 Å². The zero-order valence-electron chi connectivity index (χ0n) is 15.5. The fraction of sp³-hybridized carbons (Fsp3) is 0.263. The molecule has 136 valence electrons. The molecular formula is C19H20N8. The molecule has 4 heterocycles. The van der Waals surface area contributed by atoms with Gasteiger partial charge in [0.25, 0.3) is 0 Å². The monoisotopic (exact) mass is 360 g/mol. The van der Waals surface area contributed by atoms with Crippen molar-refractivity contribution in [2.45, 2.75) is 26.3 Å². The molecule has 1 N–H and O–H groups in total. The quantitative estimate of drug-likeness (QED) is 0.584. The SMILES string of the molecule is Cc1nn(C)c2nc(-c3ccccn3)nc(NC(C)Cc3cnccn3)c12. The molecule has 0 aromatic carbocycles. The predicted molar refractivity (Wildman–Crippen MR) is 103 cm³/mol. The van der Waals surface area contributed by atoms with Crippen LogP contribution in [-0.2, 0) is 13.5 Å². The Labute approximate surface area is 156 Å². The van der Waals surface area contributed by atoms with Gasteiger partial charge in [0.2, 0.25) is 0 Å². The van der Waals surface area contributed by atoms with Crippen molar-refractivity contribution in [1.29, 1.82) is 0 Å². The maximum Gasteiger partial charge on any atom is 0.182 e. The van der Waals surface area contributed by atoms with Crippen molar-refractivity contribution in [3.8, 4) is 11.5 Å². The Morgan fingerprint density at radius 3 is 2.74 bits per heavy atom. The summed E-state index contributed by atoms with van der Waals surface area (Å²) in [6.07, 6.45) is 7.63. The van der Waals surface area contributed by atoms with Crippen molar-refractivity contribution in [1.82, 2.24) is 34.7 Å². The van der Waals surface area contributed by atoms with Crippen LogP contribution in [0, 0.1) is 6.92 Å². The summed E-state index contributed by atoms with van der Waals surface area (Å²) in [6, 6.07) is 5.81. The lowest BCUT2D eigenvalue weighted by atomic mass is 10.2. The molecule has 1 atom stereocenters. The van der Waals surface area contributed by atoms with Crippen LogP contribution in [0.15, 0.2) is 43.0 Å². The molecule has 0 fully saturated rings. The van der Waals surface area contributed by atoms with Crippen molar-refractivity contribution in [2.75, 3.05) is 5.32 Å². The van der Waals surface area contributed by atoms with Gasteiger partial charge in [-0.2, -0.15) is 5.10 Å². The molecule has 0 saturated heterocycles. The maximum atomic E-state index is 4.75. The minimum absolute atomic E-state index is 0.107. The highest BCUT2D eigenvalue weighted by Crippen LogP contribution is 2.27. The number of hydrogen-bond donors (Lipinski definition) is 1. The van der Waals surface area contributed by atoms with E-state index in [-0.39, 0.29) is 6.04 Å². The zero-order valence-corrected chi connectivity index (χ0v) is 15.5. The van der Waals surface area contributed by atoms with Gasteiger partial charge in [0.1, 0.15) is 11.5 Å². The number of hydrogen-bond acceptors (Lipinski definition) is 7. The molecule has 4 rings (SSSR count). The third-order valence-electron chi connectivity index (χ3n) is 4.27. The molecular weight excluding hydrogens is 340 g/mol. The van der Waals surface area contributed by atoms with Crippen LogP contribution in [0.5, 0.6) is 0 Å². The van der Waals surface area contributed by atoms with Crippen molar-refractivity contribution in [3.05, 3.63) is 54.4 Å². The standard InChI is InChI=1S/C19H20N8/c1-12(10-14-11-20-8-9-21-14)23-18-16-13(2)26-27(3)19(16)25-17(24-18)15-6-4-5-7-22-15/h4-9,11-12H,10H2,1-3H3,(H,23,24,25). The largest absolute Gasteiger partial charge is 0.366 e. The molecule has 8 heteroatoms. The molecule has 0 radical (unpaired) electrons. The number of pyridine rings is 1. The summed E-state index contributed by atoms with van der Waals surface area (Å²) in [7, 11) is 1.89. The highest BCUT2D eigenvalue weighted by molar-refractivity contribution is 5.90. The second-order valence-corrected chi connectivity index (χ2v) is 6.46. The topological polar surface area (TPSA) is 94.3 Å². The Bertz CT molecular complexity index is 1060. The number of rotatable bonds is 5. The van der Waals surface area contributed by atoms with Crippen LogP contribution in [0.25, 0.3) is 22.6 Å². The number of anilines is 1. The highest BCUT2D eigenvalue weighted by Gasteiger charge is 2.18. The lowest BCUT2D eigenvalue weighted by Gasteiger charge is -2.15. The Morgan fingerprint density at radius 2 is 2.00 bits per heavy atom. The van der Waals surface area contributed by atoms with Gasteiger partial charge in [0.05, 0.1) is 16.8 Å². The average molecular weight is 360 g/mol. The number of nitrogens with one attached hydrogen (secondary N) is 1. The van der Waals surface area contributed by atoms with Crippen molar-refractivity contribution in [3.63, 3.8) is 0 Å². The minimum atomic E-state index is 0.107. The van der Waals surface area contributed by atoms with Crippen LogP contribution in [0.2, 0.25) is 0 Å². The molecule has 8 nitrogen and oxygen atoms in total. The first-order valence-corrected chi connectivity index (χ1v) is 8.76. The Hall–Kier alpha value is -3.42. The summed E-state index contributed by atoms with van der Waals surface area (Å²) in [5.74, 6) is 1.32. The second kappa shape index (κ2) is 7.06. The van der Waals surface area contributed by atoms with Gasteiger partial charge in [-0.05, 0) is 26.0 Å². The van der Waals surface area contributed by atoms with Crippen LogP contribution < -0.4 is 5.32 Å². The van der Waals surface area contributed by atoms with E-state index in [9.17, 15) is 0 Å². The van der Waals surface area contributed by atoms with Crippen LogP contribution >= 0.6 is 0 Å². The van der Waals surface area contributed by atoms with Gasteiger partial charge >= 0.3 is 0 Å². The molecule has 1 unspecified atom stereocenters. The molecule has 0 amide bonds. The third kappa shape index (κ3) is 3.46. The molecule has 0 aliphatic rings. The summed E-state index contributed by atoms with van der Waals surface area (Å²) in [5.41, 5.74) is 3.31. The lowest BCUT2D eigenvalue weighted by Crippen LogP contribution is -2.20. The first kappa shape index (κ1) is 17.0. The van der Waals surface area contributed by atoms with E-state index >= 15 is 0 Å². The highest BCUT2D eigenvalue weighted by atomic mass is 15.3. The van der Waals surface area contributed by atoms with E-state index in [1.807, 2.05) is 32.2 Å². The van der Waals surface area contributed by atoms with Crippen molar-refractivity contribution in [2.24, 2.45) is 7.05 Å². The van der Waals surface area contributed by atoms with Gasteiger partial charge in [-0.1, -0.05) is 6.07 Å². The summed E-state index contributed by atoms with van der Waals surface area (Å²) < 4.78 is 1.78. The average Bonchev–Trinajstić information content (AvgIpc) is 2.97. The van der Waals surface area contributed by atoms with Gasteiger partial charge in [-0.15, -0.1) is 0 Å². The number of nitrogens with zero attached hydrogens (tertiary/aromatic N) is 7. The van der Waals surface area contributed by atoms with E-state index in [4.69, 9.17) is 4.98 Å². The first-order chi connectivity index (χ1) is 13.1. The predicted octanol–water partition coefficient (Wildman–Crippen LogP) is 2.57. The summed E-state index contributed by atoms with van der Waals surface area (Å²) in [6.45, 7) is 4.05. The van der Waals surface area contributed by atoms with Crippen LogP contribution in [-0.4, -0.2) is 40.7 Å². The molecule has 0 saturated carbocycles. The number of fused-ring (bicyclic) bond motifs is 1. The minimum Gasteiger partial charge on any atom is -0.366 e. The molecule has 27 heavy (non-hydrogen) atoms. The van der Waals surface area contributed by atoms with E-state index in [0.717, 1.165) is 40.4 Å². The van der Waals surface area contributed by atoms with Gasteiger partial charge in [-0.25, -0.2) is 9.97 Å².